The van der Waals surface area contributed by atoms with Gasteiger partial charge in [0.1, 0.15) is 6.10 Å². The van der Waals surface area contributed by atoms with Crippen LogP contribution in [-0.2, 0) is 6.42 Å². The van der Waals surface area contributed by atoms with Crippen LogP contribution in [0.15, 0.2) is 24.4 Å². The summed E-state index contributed by atoms with van der Waals surface area (Å²) in [6.45, 7) is 0. The van der Waals surface area contributed by atoms with Gasteiger partial charge in [-0.15, -0.1) is 0 Å². The molecule has 1 N–H and O–H groups in total. The van der Waals surface area contributed by atoms with E-state index in [4.69, 9.17) is 10.4 Å². The summed E-state index contributed by atoms with van der Waals surface area (Å²) >= 11 is 0. The van der Waals surface area contributed by atoms with Gasteiger partial charge in [-0.3, -0.25) is 4.98 Å². The Kier molecular flexibility index (Phi) is 2.59. The van der Waals surface area contributed by atoms with Crippen LogP contribution in [0.4, 0.5) is 0 Å². The summed E-state index contributed by atoms with van der Waals surface area (Å²) in [5, 5.41) is 17.2. The van der Waals surface area contributed by atoms with Gasteiger partial charge in [-0.1, -0.05) is 6.07 Å². The third kappa shape index (κ3) is 2.36. The summed E-state index contributed by atoms with van der Waals surface area (Å²) in [4.78, 5) is 3.96. The van der Waals surface area contributed by atoms with Gasteiger partial charge >= 0.3 is 0 Å². The Morgan fingerprint density at radius 2 is 2.45 bits per heavy atom. The van der Waals surface area contributed by atoms with Gasteiger partial charge in [-0.2, -0.15) is 5.26 Å². The Labute approximate surface area is 64.9 Å². The number of rotatable bonds is 2. The van der Waals surface area contributed by atoms with Crippen molar-refractivity contribution in [1.82, 2.24) is 4.98 Å². The summed E-state index contributed by atoms with van der Waals surface area (Å²) in [5.74, 6) is 0. The molecule has 1 rings (SSSR count). The number of nitriles is 1. The molecule has 1 aromatic heterocycles. The van der Waals surface area contributed by atoms with Crippen molar-refractivity contribution in [2.24, 2.45) is 0 Å². The summed E-state index contributed by atoms with van der Waals surface area (Å²) in [6, 6.07) is 7.13. The highest BCUT2D eigenvalue weighted by molar-refractivity contribution is 5.06. The molecule has 1 unspecified atom stereocenters. The van der Waals surface area contributed by atoms with Crippen molar-refractivity contribution in [2.75, 3.05) is 0 Å². The van der Waals surface area contributed by atoms with Crippen molar-refractivity contribution in [3.8, 4) is 6.07 Å². The Morgan fingerprint density at radius 1 is 1.64 bits per heavy atom. The Hall–Kier alpha value is -1.40. The summed E-state index contributed by atoms with van der Waals surface area (Å²) in [6.07, 6.45) is 1.00. The molecular formula is C8H8N2O. The largest absolute Gasteiger partial charge is 0.378 e. The van der Waals surface area contributed by atoms with Crippen LogP contribution in [0.25, 0.3) is 0 Å². The van der Waals surface area contributed by atoms with Crippen LogP contribution >= 0.6 is 0 Å². The number of hydrogen-bond acceptors (Lipinski definition) is 3. The fourth-order valence-corrected chi connectivity index (χ4v) is 0.763. The molecule has 0 saturated carbocycles. The third-order valence-corrected chi connectivity index (χ3v) is 1.28. The second-order valence-electron chi connectivity index (χ2n) is 2.17. The lowest BCUT2D eigenvalue weighted by Gasteiger charge is -1.98. The summed E-state index contributed by atoms with van der Waals surface area (Å²) in [5.41, 5.74) is 0.738. The first-order valence-electron chi connectivity index (χ1n) is 3.30. The van der Waals surface area contributed by atoms with Gasteiger partial charge < -0.3 is 5.11 Å². The van der Waals surface area contributed by atoms with Crippen LogP contribution in [0, 0.1) is 11.3 Å². The van der Waals surface area contributed by atoms with Crippen LogP contribution < -0.4 is 0 Å². The molecule has 0 amide bonds. The van der Waals surface area contributed by atoms with E-state index in [9.17, 15) is 0 Å². The minimum atomic E-state index is -0.940. The molecule has 0 radical (unpaired) electrons. The van der Waals surface area contributed by atoms with Crippen LogP contribution in [-0.4, -0.2) is 16.2 Å². The predicted octanol–water partition coefficient (Wildman–Crippen LogP) is 0.509. The van der Waals surface area contributed by atoms with Gasteiger partial charge in [0.05, 0.1) is 6.07 Å². The molecule has 1 atom stereocenters. The molecule has 3 nitrogen and oxygen atoms in total. The Balaban J connectivity index is 2.60. The van der Waals surface area contributed by atoms with Gasteiger partial charge in [0.2, 0.25) is 0 Å². The highest BCUT2D eigenvalue weighted by Gasteiger charge is 2.02. The molecule has 0 aliphatic rings. The molecule has 3 heteroatoms. The molecule has 0 bridgehead atoms. The average Bonchev–Trinajstić information content (AvgIpc) is 2.06. The second-order valence-corrected chi connectivity index (χ2v) is 2.17. The highest BCUT2D eigenvalue weighted by atomic mass is 16.3. The predicted molar refractivity (Wildman–Crippen MR) is 39.6 cm³/mol. The molecular weight excluding hydrogens is 140 g/mol. The molecule has 1 aromatic rings. The molecule has 0 saturated heterocycles. The smallest absolute Gasteiger partial charge is 0.146 e. The zero-order valence-corrected chi connectivity index (χ0v) is 5.94. The number of hydrogen-bond donors (Lipinski definition) is 1. The van der Waals surface area contributed by atoms with Crippen LogP contribution in [0.5, 0.6) is 0 Å². The number of pyridine rings is 1. The monoisotopic (exact) mass is 148 g/mol. The SMILES string of the molecule is N#CC(O)Cc1ccccn1. The maximum atomic E-state index is 8.91. The van der Waals surface area contributed by atoms with E-state index in [1.54, 1.807) is 24.4 Å². The minimum absolute atomic E-state index is 0.303. The lowest BCUT2D eigenvalue weighted by Crippen LogP contribution is -2.07. The van der Waals surface area contributed by atoms with Crippen molar-refractivity contribution in [1.29, 1.82) is 5.26 Å². The van der Waals surface area contributed by atoms with E-state index in [-0.39, 0.29) is 0 Å². The zero-order valence-electron chi connectivity index (χ0n) is 5.94. The van der Waals surface area contributed by atoms with Crippen molar-refractivity contribution in [3.05, 3.63) is 30.1 Å². The molecule has 0 fully saturated rings. The average molecular weight is 148 g/mol. The quantitative estimate of drug-likeness (QED) is 0.621. The second kappa shape index (κ2) is 3.69. The van der Waals surface area contributed by atoms with Gasteiger partial charge in [-0.25, -0.2) is 0 Å². The van der Waals surface area contributed by atoms with E-state index in [2.05, 4.69) is 4.98 Å². The number of aromatic nitrogens is 1. The van der Waals surface area contributed by atoms with Gasteiger partial charge in [0.25, 0.3) is 0 Å². The number of aliphatic hydroxyl groups is 1. The molecule has 0 aliphatic heterocycles. The third-order valence-electron chi connectivity index (χ3n) is 1.28. The first kappa shape index (κ1) is 7.70. The first-order valence-corrected chi connectivity index (χ1v) is 3.30. The first-order chi connectivity index (χ1) is 5.33. The minimum Gasteiger partial charge on any atom is -0.378 e. The topological polar surface area (TPSA) is 56.9 Å². The summed E-state index contributed by atoms with van der Waals surface area (Å²) < 4.78 is 0. The van der Waals surface area contributed by atoms with E-state index in [0.29, 0.717) is 6.42 Å². The van der Waals surface area contributed by atoms with Gasteiger partial charge in [-0.05, 0) is 12.1 Å². The number of aliphatic hydroxyl groups excluding tert-OH is 1. The van der Waals surface area contributed by atoms with Crippen LogP contribution in [0.3, 0.4) is 0 Å². The maximum absolute atomic E-state index is 8.91. The highest BCUT2D eigenvalue weighted by Crippen LogP contribution is 1.97. The molecule has 0 spiro atoms. The van der Waals surface area contributed by atoms with E-state index in [1.807, 2.05) is 6.07 Å². The van der Waals surface area contributed by atoms with E-state index in [0.717, 1.165) is 5.69 Å². The standard InChI is InChI=1S/C8H8N2O/c9-6-8(11)5-7-3-1-2-4-10-7/h1-4,8,11H,5H2. The summed E-state index contributed by atoms with van der Waals surface area (Å²) in [7, 11) is 0. The van der Waals surface area contributed by atoms with E-state index >= 15 is 0 Å². The Bertz CT molecular complexity index is 253. The molecule has 1 heterocycles. The fraction of sp³-hybridized carbons (Fsp3) is 0.250. The van der Waals surface area contributed by atoms with Gasteiger partial charge in [0.15, 0.2) is 0 Å². The molecule has 0 aliphatic carbocycles. The molecule has 11 heavy (non-hydrogen) atoms. The van der Waals surface area contributed by atoms with E-state index in [1.165, 1.54) is 0 Å². The molecule has 56 valence electrons. The fourth-order valence-electron chi connectivity index (χ4n) is 0.763. The molecule has 0 aromatic carbocycles. The number of nitrogens with zero attached hydrogens (tertiary/aromatic N) is 2. The normalized spacial score (nSPS) is 12.0. The Morgan fingerprint density at radius 3 is 3.00 bits per heavy atom. The van der Waals surface area contributed by atoms with Crippen molar-refractivity contribution in [2.45, 2.75) is 12.5 Å². The zero-order chi connectivity index (χ0) is 8.10. The van der Waals surface area contributed by atoms with Crippen LogP contribution in [0.2, 0.25) is 0 Å². The van der Waals surface area contributed by atoms with E-state index < -0.39 is 6.10 Å². The lowest BCUT2D eigenvalue weighted by molar-refractivity contribution is 0.229. The van der Waals surface area contributed by atoms with Crippen molar-refractivity contribution >= 4 is 0 Å². The maximum Gasteiger partial charge on any atom is 0.146 e. The lowest BCUT2D eigenvalue weighted by atomic mass is 10.2. The van der Waals surface area contributed by atoms with Crippen LogP contribution in [0.1, 0.15) is 5.69 Å². The van der Waals surface area contributed by atoms with Crippen molar-refractivity contribution in [3.63, 3.8) is 0 Å². The van der Waals surface area contributed by atoms with Gasteiger partial charge in [0, 0.05) is 18.3 Å². The van der Waals surface area contributed by atoms with Crippen molar-refractivity contribution < 1.29 is 5.11 Å².